The average Bonchev–Trinajstić information content (AvgIpc) is 3.12. The molecule has 1 atom stereocenters. The summed E-state index contributed by atoms with van der Waals surface area (Å²) in [6, 6.07) is 11.5. The monoisotopic (exact) mass is 331 g/mol. The van der Waals surface area contributed by atoms with E-state index in [1.165, 1.54) is 6.33 Å². The van der Waals surface area contributed by atoms with Crippen molar-refractivity contribution in [2.45, 2.75) is 6.04 Å². The summed E-state index contributed by atoms with van der Waals surface area (Å²) >= 11 is 0. The van der Waals surface area contributed by atoms with Crippen molar-refractivity contribution in [1.29, 1.82) is 0 Å². The van der Waals surface area contributed by atoms with E-state index < -0.39 is 0 Å². The molecule has 0 saturated carbocycles. The number of aromatic nitrogens is 4. The van der Waals surface area contributed by atoms with Crippen LogP contribution >= 0.6 is 0 Å². The van der Waals surface area contributed by atoms with Crippen LogP contribution in [0.3, 0.4) is 0 Å². The molecule has 0 bridgehead atoms. The first-order valence-electron chi connectivity index (χ1n) is 7.89. The van der Waals surface area contributed by atoms with Crippen molar-refractivity contribution in [3.8, 4) is 17.0 Å². The molecule has 1 aromatic carbocycles. The van der Waals surface area contributed by atoms with E-state index in [1.807, 2.05) is 36.4 Å². The third-order valence-corrected chi connectivity index (χ3v) is 4.21. The van der Waals surface area contributed by atoms with Gasteiger partial charge in [-0.3, -0.25) is 4.98 Å². The Morgan fingerprint density at radius 3 is 2.80 bits per heavy atom. The Balaban J connectivity index is 1.80. The molecule has 0 radical (unpaired) electrons. The predicted octanol–water partition coefficient (Wildman–Crippen LogP) is 3.08. The zero-order valence-corrected chi connectivity index (χ0v) is 13.7. The van der Waals surface area contributed by atoms with Crippen molar-refractivity contribution in [1.82, 2.24) is 19.9 Å². The highest BCUT2D eigenvalue weighted by atomic mass is 16.5. The molecule has 25 heavy (non-hydrogen) atoms. The molecular formula is C19H17N5O. The second-order valence-corrected chi connectivity index (χ2v) is 5.73. The molecule has 0 aliphatic carbocycles. The molecule has 0 saturated heterocycles. The summed E-state index contributed by atoms with van der Waals surface area (Å²) in [7, 11) is 1.65. The lowest BCUT2D eigenvalue weighted by molar-refractivity contribution is 0.408. The van der Waals surface area contributed by atoms with Gasteiger partial charge in [-0.1, -0.05) is 6.07 Å². The van der Waals surface area contributed by atoms with Gasteiger partial charge in [0.15, 0.2) is 0 Å². The van der Waals surface area contributed by atoms with E-state index >= 15 is 0 Å². The summed E-state index contributed by atoms with van der Waals surface area (Å²) in [5.41, 5.74) is 12.0. The van der Waals surface area contributed by atoms with Gasteiger partial charge in [0.1, 0.15) is 12.1 Å². The van der Waals surface area contributed by atoms with Crippen LogP contribution in [0.25, 0.3) is 22.3 Å². The quantitative estimate of drug-likeness (QED) is 0.600. The van der Waals surface area contributed by atoms with Crippen molar-refractivity contribution in [2.75, 3.05) is 7.11 Å². The molecular weight excluding hydrogens is 314 g/mol. The van der Waals surface area contributed by atoms with Crippen LogP contribution in [0.5, 0.6) is 5.75 Å². The molecule has 3 heterocycles. The fraction of sp³-hybridized carbons (Fsp3) is 0.105. The summed E-state index contributed by atoms with van der Waals surface area (Å²) in [5.74, 6) is 0.746. The molecule has 124 valence electrons. The molecule has 0 aliphatic heterocycles. The van der Waals surface area contributed by atoms with Gasteiger partial charge in [0, 0.05) is 23.7 Å². The number of rotatable bonds is 4. The van der Waals surface area contributed by atoms with Crippen LogP contribution in [0.2, 0.25) is 0 Å². The lowest BCUT2D eigenvalue weighted by Gasteiger charge is -2.17. The Hall–Kier alpha value is -3.25. The Morgan fingerprint density at radius 1 is 1.12 bits per heavy atom. The first-order valence-corrected chi connectivity index (χ1v) is 7.89. The van der Waals surface area contributed by atoms with E-state index in [0.29, 0.717) is 0 Å². The highest BCUT2D eigenvalue weighted by Gasteiger charge is 2.16. The lowest BCUT2D eigenvalue weighted by atomic mass is 9.97. The largest absolute Gasteiger partial charge is 0.496 e. The summed E-state index contributed by atoms with van der Waals surface area (Å²) in [5, 5.41) is 0. The van der Waals surface area contributed by atoms with Crippen molar-refractivity contribution >= 4 is 11.0 Å². The number of fused-ring (bicyclic) bond motifs is 1. The number of benzene rings is 1. The minimum absolute atomic E-state index is 0.326. The van der Waals surface area contributed by atoms with E-state index in [9.17, 15) is 0 Å². The Morgan fingerprint density at radius 2 is 2.04 bits per heavy atom. The number of nitrogens with one attached hydrogen (secondary N) is 1. The second kappa shape index (κ2) is 6.33. The van der Waals surface area contributed by atoms with Crippen molar-refractivity contribution in [3.05, 3.63) is 72.4 Å². The zero-order chi connectivity index (χ0) is 17.2. The second-order valence-electron chi connectivity index (χ2n) is 5.73. The van der Waals surface area contributed by atoms with Crippen LogP contribution in [-0.2, 0) is 0 Å². The van der Waals surface area contributed by atoms with Gasteiger partial charge in [0.05, 0.1) is 30.4 Å². The maximum absolute atomic E-state index is 6.46. The highest BCUT2D eigenvalue weighted by Crippen LogP contribution is 2.33. The number of nitrogens with two attached hydrogens (primary N) is 1. The number of H-pyrrole nitrogens is 1. The number of nitrogens with zero attached hydrogens (tertiary/aromatic N) is 3. The van der Waals surface area contributed by atoms with Crippen LogP contribution in [0.1, 0.15) is 17.2 Å². The molecule has 1 unspecified atom stereocenters. The normalized spacial score (nSPS) is 12.2. The molecule has 4 aromatic rings. The van der Waals surface area contributed by atoms with Gasteiger partial charge in [-0.05, 0) is 41.5 Å². The van der Waals surface area contributed by atoms with Crippen LogP contribution in [0, 0.1) is 0 Å². The maximum Gasteiger partial charge on any atom is 0.124 e. The average molecular weight is 331 g/mol. The van der Waals surface area contributed by atoms with E-state index in [-0.39, 0.29) is 6.04 Å². The van der Waals surface area contributed by atoms with Gasteiger partial charge >= 0.3 is 0 Å². The molecule has 4 rings (SSSR count). The summed E-state index contributed by atoms with van der Waals surface area (Å²) in [6.07, 6.45) is 6.81. The van der Waals surface area contributed by atoms with E-state index in [2.05, 4.69) is 19.9 Å². The highest BCUT2D eigenvalue weighted by molar-refractivity contribution is 5.82. The van der Waals surface area contributed by atoms with Gasteiger partial charge < -0.3 is 15.5 Å². The number of hydrogen-bond donors (Lipinski definition) is 2. The summed E-state index contributed by atoms with van der Waals surface area (Å²) < 4.78 is 5.50. The number of aromatic amines is 1. The Labute approximate surface area is 144 Å². The Kier molecular flexibility index (Phi) is 3.87. The van der Waals surface area contributed by atoms with Crippen molar-refractivity contribution in [3.63, 3.8) is 0 Å². The summed E-state index contributed by atoms with van der Waals surface area (Å²) in [6.45, 7) is 0. The SMILES string of the molecule is COc1ccc(-c2cc3ncncc3[nH]2)cc1C(N)c1cccnc1. The van der Waals surface area contributed by atoms with Crippen LogP contribution in [-0.4, -0.2) is 27.0 Å². The lowest BCUT2D eigenvalue weighted by Crippen LogP contribution is -2.13. The van der Waals surface area contributed by atoms with E-state index in [4.69, 9.17) is 10.5 Å². The predicted molar refractivity (Wildman–Crippen MR) is 96.1 cm³/mol. The van der Waals surface area contributed by atoms with E-state index in [0.717, 1.165) is 39.2 Å². The zero-order valence-electron chi connectivity index (χ0n) is 13.7. The molecule has 0 aliphatic rings. The standard InChI is InChI=1S/C19H17N5O/c1-25-18-5-4-12(15-8-16-17(24-15)10-22-11-23-16)7-14(18)19(20)13-3-2-6-21-9-13/h2-11,19,24H,20H2,1H3. The number of ether oxygens (including phenoxy) is 1. The fourth-order valence-electron chi connectivity index (χ4n) is 2.91. The fourth-order valence-corrected chi connectivity index (χ4v) is 2.91. The maximum atomic E-state index is 6.46. The molecule has 6 nitrogen and oxygen atoms in total. The van der Waals surface area contributed by atoms with Crippen LogP contribution in [0.4, 0.5) is 0 Å². The third-order valence-electron chi connectivity index (χ3n) is 4.21. The number of methoxy groups -OCH3 is 1. The Bertz CT molecular complexity index is 980. The topological polar surface area (TPSA) is 89.7 Å². The van der Waals surface area contributed by atoms with Gasteiger partial charge in [0.25, 0.3) is 0 Å². The minimum Gasteiger partial charge on any atom is -0.496 e. The molecule has 3 aromatic heterocycles. The van der Waals surface area contributed by atoms with Gasteiger partial charge in [-0.25, -0.2) is 9.97 Å². The van der Waals surface area contributed by atoms with E-state index in [1.54, 1.807) is 25.7 Å². The smallest absolute Gasteiger partial charge is 0.124 e. The molecule has 0 amide bonds. The number of hydrogen-bond acceptors (Lipinski definition) is 5. The molecule has 0 fully saturated rings. The van der Waals surface area contributed by atoms with Gasteiger partial charge in [-0.15, -0.1) is 0 Å². The van der Waals surface area contributed by atoms with Crippen LogP contribution in [0.15, 0.2) is 61.3 Å². The van der Waals surface area contributed by atoms with Gasteiger partial charge in [-0.2, -0.15) is 0 Å². The molecule has 6 heteroatoms. The van der Waals surface area contributed by atoms with Crippen molar-refractivity contribution in [2.24, 2.45) is 5.73 Å². The van der Waals surface area contributed by atoms with Crippen LogP contribution < -0.4 is 10.5 Å². The molecule has 0 spiro atoms. The summed E-state index contributed by atoms with van der Waals surface area (Å²) in [4.78, 5) is 15.8. The minimum atomic E-state index is -0.326. The van der Waals surface area contributed by atoms with Crippen molar-refractivity contribution < 1.29 is 4.74 Å². The third kappa shape index (κ3) is 2.83. The molecule has 3 N–H and O–H groups in total. The first kappa shape index (κ1) is 15.3. The number of pyridine rings is 1. The first-order chi connectivity index (χ1) is 12.3. The van der Waals surface area contributed by atoms with Gasteiger partial charge in [0.2, 0.25) is 0 Å².